The molecule has 0 spiro atoms. The molecule has 0 aromatic heterocycles. The third-order valence-electron chi connectivity index (χ3n) is 6.01. The summed E-state index contributed by atoms with van der Waals surface area (Å²) in [7, 11) is -14.4. The number of hydrogen-bond donors (Lipinski definition) is 0. The number of rotatable bonds is 21. The van der Waals surface area contributed by atoms with Crippen LogP contribution in [0.15, 0.2) is 36.4 Å². The van der Waals surface area contributed by atoms with Gasteiger partial charge in [-0.3, -0.25) is 0 Å². The van der Waals surface area contributed by atoms with Gasteiger partial charge >= 0.3 is 68.0 Å². The number of esters is 2. The van der Waals surface area contributed by atoms with Crippen molar-refractivity contribution in [2.45, 2.75) is 87.6 Å². The van der Waals surface area contributed by atoms with Gasteiger partial charge in [-0.15, -0.1) is 0 Å². The molecule has 0 fully saturated rings. The second-order valence-corrected chi connectivity index (χ2v) is 12.7. The second kappa shape index (κ2) is 18.5. The summed E-state index contributed by atoms with van der Waals surface area (Å²) in [4.78, 5) is 23.3. The molecule has 0 aliphatic rings. The van der Waals surface area contributed by atoms with E-state index in [0.29, 0.717) is 30.7 Å². The molecule has 0 aliphatic carbocycles. The molecule has 19 heteroatoms. The normalized spacial score (nSPS) is 12.6. The molecule has 45 heavy (non-hydrogen) atoms. The maximum atomic E-state index is 13.9. The Labute approximate surface area is 280 Å². The fourth-order valence-electron chi connectivity index (χ4n) is 3.46. The maximum Gasteiger partial charge on any atom is 1.00 e. The van der Waals surface area contributed by atoms with Crippen LogP contribution in [0.1, 0.15) is 81.5 Å². The Morgan fingerprint density at radius 3 is 1.53 bits per heavy atom. The molecule has 0 bridgehead atoms. The molecule has 0 unspecified atom stereocenters. The predicted octanol–water partition coefficient (Wildman–Crippen LogP) is 2.94. The minimum atomic E-state index is -7.41. The first kappa shape index (κ1) is 43.1. The zero-order chi connectivity index (χ0) is 33.8. The van der Waals surface area contributed by atoms with Crippen molar-refractivity contribution in [3.05, 3.63) is 42.0 Å². The van der Waals surface area contributed by atoms with Gasteiger partial charge in [0.25, 0.3) is 0 Å². The summed E-state index contributed by atoms with van der Waals surface area (Å²) in [6, 6.07) is 2.75. The van der Waals surface area contributed by atoms with Crippen LogP contribution in [-0.4, -0.2) is 63.0 Å². The van der Waals surface area contributed by atoms with Crippen molar-refractivity contribution in [1.82, 2.24) is 0 Å². The van der Waals surface area contributed by atoms with E-state index in [1.807, 2.05) is 0 Å². The summed E-state index contributed by atoms with van der Waals surface area (Å²) in [6.07, 6.45) is 9.07. The predicted molar refractivity (Wildman–Crippen MR) is 143 cm³/mol. The van der Waals surface area contributed by atoms with E-state index in [1.54, 1.807) is 6.92 Å². The quantitative estimate of drug-likeness (QED) is 0.0355. The van der Waals surface area contributed by atoms with E-state index in [1.165, 1.54) is 0 Å². The number of carbonyl (C=O) groups excluding carboxylic acids is 2. The summed E-state index contributed by atoms with van der Waals surface area (Å²) in [6.45, 7) is 5.49. The topological polar surface area (TPSA) is 153 Å². The fourth-order valence-corrected chi connectivity index (χ4v) is 4.88. The first-order valence-corrected chi connectivity index (χ1v) is 16.1. The van der Waals surface area contributed by atoms with Crippen molar-refractivity contribution < 1.29 is 101 Å². The van der Waals surface area contributed by atoms with E-state index in [2.05, 4.69) is 10.8 Å². The molecule has 0 amide bonds. The largest absolute Gasteiger partial charge is 1.00 e. The summed E-state index contributed by atoms with van der Waals surface area (Å²) in [5.41, 5.74) is 0.151. The van der Waals surface area contributed by atoms with E-state index in [-0.39, 0.29) is 47.7 Å². The minimum Gasteiger partial charge on any atom is -0.743 e. The van der Waals surface area contributed by atoms with Crippen molar-refractivity contribution >= 4 is 32.2 Å². The Bertz CT molecular complexity index is 1340. The number of alkyl halides is 6. The number of ether oxygens (including phenoxy) is 2. The Kier molecular flexibility index (Phi) is 17.7. The first-order valence-electron chi connectivity index (χ1n) is 13.3. The Hall–Kier alpha value is -1.86. The summed E-state index contributed by atoms with van der Waals surface area (Å²) >= 11 is 0. The smallest absolute Gasteiger partial charge is 0.743 e. The van der Waals surface area contributed by atoms with Crippen LogP contribution >= 0.6 is 0 Å². The Morgan fingerprint density at radius 1 is 0.733 bits per heavy atom. The van der Waals surface area contributed by atoms with Crippen LogP contribution in [0, 0.1) is 0 Å². The molecular formula is C26H33F6NaO10S2. The van der Waals surface area contributed by atoms with Gasteiger partial charge in [-0.05, 0) is 44.0 Å². The molecule has 0 saturated carbocycles. The average molecular weight is 707 g/mol. The van der Waals surface area contributed by atoms with Crippen molar-refractivity contribution in [2.75, 3.05) is 13.2 Å². The van der Waals surface area contributed by atoms with Crippen molar-refractivity contribution in [1.29, 1.82) is 0 Å². The molecular weight excluding hydrogens is 673 g/mol. The van der Waals surface area contributed by atoms with Gasteiger partial charge in [-0.1, -0.05) is 57.9 Å². The monoisotopic (exact) mass is 706 g/mol. The fraction of sp³-hybridized carbons (Fsp3) is 0.615. The van der Waals surface area contributed by atoms with E-state index in [0.717, 1.165) is 69.9 Å². The molecule has 0 saturated heterocycles. The van der Waals surface area contributed by atoms with Crippen LogP contribution < -0.4 is 33.7 Å². The zero-order valence-corrected chi connectivity index (χ0v) is 28.3. The van der Waals surface area contributed by atoms with Gasteiger partial charge < -0.3 is 18.2 Å². The number of carbonyl (C=O) groups is 2. The Morgan fingerprint density at radius 2 is 1.13 bits per heavy atom. The SMILES string of the molecule is C=C(C)C(=O)OCCCCCCCCCCCCOC(=O)c1ccc(OS(=O)(=O)C(F)(F)C(F)(F)C(F)(F)S(=O)(=O)[O-])cc1.[Na+]. The number of unbranched alkanes of at least 4 members (excludes halogenated alkanes) is 9. The van der Waals surface area contributed by atoms with Crippen LogP contribution in [0.25, 0.3) is 0 Å². The first-order chi connectivity index (χ1) is 20.2. The van der Waals surface area contributed by atoms with Gasteiger partial charge in [0.15, 0.2) is 10.1 Å². The van der Waals surface area contributed by atoms with Crippen LogP contribution in [0.3, 0.4) is 0 Å². The molecule has 0 N–H and O–H groups in total. The summed E-state index contributed by atoms with van der Waals surface area (Å²) < 4.78 is 149. The molecule has 252 valence electrons. The van der Waals surface area contributed by atoms with E-state index < -0.39 is 48.4 Å². The number of hydrogen-bond acceptors (Lipinski definition) is 10. The van der Waals surface area contributed by atoms with Gasteiger partial charge in [-0.2, -0.15) is 34.8 Å². The van der Waals surface area contributed by atoms with E-state index in [9.17, 15) is 57.3 Å². The third kappa shape index (κ3) is 12.4. The van der Waals surface area contributed by atoms with Crippen molar-refractivity contribution in [2.24, 2.45) is 0 Å². The van der Waals surface area contributed by atoms with Gasteiger partial charge in [-0.25, -0.2) is 18.0 Å². The maximum absolute atomic E-state index is 13.9. The van der Waals surface area contributed by atoms with Crippen molar-refractivity contribution in [3.8, 4) is 5.75 Å². The summed E-state index contributed by atoms with van der Waals surface area (Å²) in [5, 5.41) is -13.9. The standard InChI is InChI=1S/C26H34F6O10S2.Na/c1-19(2)22(33)40-17-11-9-7-5-3-4-6-8-10-12-18-41-23(34)20-13-15-21(16-14-20)42-44(38,39)26(31,32)24(27,28)25(29,30)43(35,36)37;/h13-16H,1,3-12,17-18H2,2H3,(H,35,36,37);/q;+1/p-1. The number of halogens is 6. The molecule has 0 radical (unpaired) electrons. The van der Waals surface area contributed by atoms with Crippen LogP contribution in [0.2, 0.25) is 0 Å². The van der Waals surface area contributed by atoms with Crippen LogP contribution in [0.4, 0.5) is 26.3 Å². The molecule has 0 heterocycles. The molecule has 1 rings (SSSR count). The molecule has 1 aromatic rings. The second-order valence-electron chi connectivity index (χ2n) is 9.71. The van der Waals surface area contributed by atoms with E-state index in [4.69, 9.17) is 9.47 Å². The van der Waals surface area contributed by atoms with Gasteiger partial charge in [0.2, 0.25) is 0 Å². The van der Waals surface area contributed by atoms with Crippen molar-refractivity contribution in [3.63, 3.8) is 0 Å². The summed E-state index contributed by atoms with van der Waals surface area (Å²) in [5.74, 6) is -9.60. The van der Waals surface area contributed by atoms with E-state index >= 15 is 0 Å². The molecule has 0 aliphatic heterocycles. The number of benzene rings is 1. The zero-order valence-electron chi connectivity index (χ0n) is 24.7. The van der Waals surface area contributed by atoms with Crippen LogP contribution in [0.5, 0.6) is 5.75 Å². The average Bonchev–Trinajstić information content (AvgIpc) is 2.92. The molecule has 1 aromatic carbocycles. The van der Waals surface area contributed by atoms with Gasteiger partial charge in [0.1, 0.15) is 5.75 Å². The van der Waals surface area contributed by atoms with Gasteiger partial charge in [0.05, 0.1) is 18.8 Å². The molecule has 10 nitrogen and oxygen atoms in total. The Balaban J connectivity index is 0.0000194. The van der Waals surface area contributed by atoms with Gasteiger partial charge in [0, 0.05) is 5.57 Å². The van der Waals surface area contributed by atoms with Crippen LogP contribution in [-0.2, 0) is 34.5 Å². The molecule has 0 atom stereocenters. The minimum absolute atomic E-state index is 0. The third-order valence-corrected chi connectivity index (χ3v) is 8.19.